The predicted octanol–water partition coefficient (Wildman–Crippen LogP) is 3.25. The zero-order valence-corrected chi connectivity index (χ0v) is 7.90. The molecule has 0 aromatic heterocycles. The van der Waals surface area contributed by atoms with E-state index >= 15 is 0 Å². The van der Waals surface area contributed by atoms with Crippen molar-refractivity contribution in [1.29, 1.82) is 0 Å². The highest BCUT2D eigenvalue weighted by atomic mass is 19.3. The Morgan fingerprint density at radius 2 is 1.69 bits per heavy atom. The molecule has 0 heterocycles. The van der Waals surface area contributed by atoms with Gasteiger partial charge in [-0.25, -0.2) is 8.78 Å². The maximum absolute atomic E-state index is 12.6. The van der Waals surface area contributed by atoms with Gasteiger partial charge in [-0.1, -0.05) is 12.1 Å². The van der Waals surface area contributed by atoms with Crippen LogP contribution in [0.25, 0.3) is 0 Å². The van der Waals surface area contributed by atoms with Crippen LogP contribution in [0.5, 0.6) is 5.75 Å². The first-order valence-electron chi connectivity index (χ1n) is 4.00. The molecule has 0 aliphatic heterocycles. The van der Waals surface area contributed by atoms with Crippen LogP contribution in [0.1, 0.15) is 23.1 Å². The molecule has 0 unspecified atom stereocenters. The number of hydrogen-bond donors (Lipinski definition) is 0. The average Bonchev–Trinajstić information content (AvgIpc) is 2.07. The summed E-state index contributed by atoms with van der Waals surface area (Å²) in [5.74, 6) is 0.301. The first-order chi connectivity index (χ1) is 6.07. The van der Waals surface area contributed by atoms with Crippen LogP contribution in [0, 0.1) is 13.8 Å². The lowest BCUT2D eigenvalue weighted by Gasteiger charge is -2.12. The van der Waals surface area contributed by atoms with Crippen molar-refractivity contribution in [3.63, 3.8) is 0 Å². The minimum Gasteiger partial charge on any atom is -0.496 e. The van der Waals surface area contributed by atoms with E-state index in [4.69, 9.17) is 4.74 Å². The Labute approximate surface area is 76.3 Å². The number of ether oxygens (including phenoxy) is 1. The lowest BCUT2D eigenvalue weighted by Crippen LogP contribution is -1.98. The normalized spacial score (nSPS) is 10.6. The zero-order chi connectivity index (χ0) is 10.0. The monoisotopic (exact) mass is 186 g/mol. The molecule has 0 spiro atoms. The van der Waals surface area contributed by atoms with Gasteiger partial charge in [-0.2, -0.15) is 0 Å². The van der Waals surface area contributed by atoms with E-state index in [1.165, 1.54) is 7.11 Å². The quantitative estimate of drug-likeness (QED) is 0.688. The fourth-order valence-electron chi connectivity index (χ4n) is 1.35. The summed E-state index contributed by atoms with van der Waals surface area (Å²) in [4.78, 5) is 0. The third kappa shape index (κ3) is 1.79. The van der Waals surface area contributed by atoms with Gasteiger partial charge in [0.2, 0.25) is 0 Å². The Balaban J connectivity index is 3.35. The van der Waals surface area contributed by atoms with E-state index in [9.17, 15) is 8.78 Å². The molecule has 0 aliphatic carbocycles. The smallest absolute Gasteiger partial charge is 0.267 e. The number of benzene rings is 1. The van der Waals surface area contributed by atoms with E-state index < -0.39 is 6.43 Å². The van der Waals surface area contributed by atoms with Crippen molar-refractivity contribution in [1.82, 2.24) is 0 Å². The average molecular weight is 186 g/mol. The van der Waals surface area contributed by atoms with E-state index in [2.05, 4.69) is 0 Å². The first kappa shape index (κ1) is 9.96. The van der Waals surface area contributed by atoms with E-state index in [1.54, 1.807) is 26.0 Å². The van der Waals surface area contributed by atoms with Gasteiger partial charge in [0.05, 0.1) is 12.7 Å². The summed E-state index contributed by atoms with van der Waals surface area (Å²) in [7, 11) is 1.41. The molecule has 0 radical (unpaired) electrons. The summed E-state index contributed by atoms with van der Waals surface area (Å²) in [5.41, 5.74) is 1.31. The minimum atomic E-state index is -2.48. The van der Waals surface area contributed by atoms with Crippen molar-refractivity contribution in [3.05, 3.63) is 28.8 Å². The second kappa shape index (κ2) is 3.73. The second-order valence-electron chi connectivity index (χ2n) is 2.95. The second-order valence-corrected chi connectivity index (χ2v) is 2.95. The molecular weight excluding hydrogens is 174 g/mol. The van der Waals surface area contributed by atoms with Gasteiger partial charge in [0.1, 0.15) is 5.75 Å². The molecule has 0 amide bonds. The minimum absolute atomic E-state index is 0.00231. The third-order valence-corrected chi connectivity index (χ3v) is 2.03. The molecule has 1 nitrogen and oxygen atoms in total. The summed E-state index contributed by atoms with van der Waals surface area (Å²) < 4.78 is 30.1. The molecule has 0 atom stereocenters. The molecule has 1 rings (SSSR count). The van der Waals surface area contributed by atoms with E-state index in [-0.39, 0.29) is 5.56 Å². The van der Waals surface area contributed by atoms with Crippen LogP contribution in [-0.2, 0) is 0 Å². The molecule has 0 saturated heterocycles. The molecular formula is C10H12F2O. The van der Waals surface area contributed by atoms with Crippen molar-refractivity contribution in [3.8, 4) is 5.75 Å². The van der Waals surface area contributed by atoms with Crippen LogP contribution >= 0.6 is 0 Å². The highest BCUT2D eigenvalue weighted by Gasteiger charge is 2.17. The van der Waals surface area contributed by atoms with Crippen molar-refractivity contribution in [2.45, 2.75) is 20.3 Å². The van der Waals surface area contributed by atoms with Crippen LogP contribution in [0.2, 0.25) is 0 Å². The molecule has 3 heteroatoms. The standard InChI is InChI=1S/C10H12F2O/c1-6-4-5-7(2)9(13-3)8(6)10(11)12/h4-5,10H,1-3H3. The maximum Gasteiger partial charge on any atom is 0.267 e. The van der Waals surface area contributed by atoms with E-state index in [0.717, 1.165) is 5.56 Å². The molecule has 0 N–H and O–H groups in total. The van der Waals surface area contributed by atoms with Crippen LogP contribution < -0.4 is 4.74 Å². The molecule has 0 saturated carbocycles. The van der Waals surface area contributed by atoms with Gasteiger partial charge in [0.25, 0.3) is 6.43 Å². The van der Waals surface area contributed by atoms with Gasteiger partial charge in [-0.3, -0.25) is 0 Å². The van der Waals surface area contributed by atoms with Crippen molar-refractivity contribution in [2.24, 2.45) is 0 Å². The summed E-state index contributed by atoms with van der Waals surface area (Å²) in [6.45, 7) is 3.41. The Hall–Kier alpha value is -1.12. The Bertz CT molecular complexity index is 308. The van der Waals surface area contributed by atoms with Gasteiger partial charge < -0.3 is 4.74 Å². The number of rotatable bonds is 2. The van der Waals surface area contributed by atoms with Crippen molar-refractivity contribution < 1.29 is 13.5 Å². The fraction of sp³-hybridized carbons (Fsp3) is 0.400. The SMILES string of the molecule is COc1c(C)ccc(C)c1C(F)F. The van der Waals surface area contributed by atoms with Crippen LogP contribution in [0.3, 0.4) is 0 Å². The zero-order valence-electron chi connectivity index (χ0n) is 7.90. The Kier molecular flexibility index (Phi) is 2.86. The fourth-order valence-corrected chi connectivity index (χ4v) is 1.35. The first-order valence-corrected chi connectivity index (χ1v) is 4.00. The van der Waals surface area contributed by atoms with Crippen molar-refractivity contribution >= 4 is 0 Å². The van der Waals surface area contributed by atoms with E-state index in [0.29, 0.717) is 11.3 Å². The van der Waals surface area contributed by atoms with Crippen molar-refractivity contribution in [2.75, 3.05) is 7.11 Å². The number of alkyl halides is 2. The lowest BCUT2D eigenvalue weighted by atomic mass is 10.0. The molecule has 72 valence electrons. The van der Waals surface area contributed by atoms with Gasteiger partial charge >= 0.3 is 0 Å². The summed E-state index contributed by atoms with van der Waals surface area (Å²) in [6, 6.07) is 3.46. The Morgan fingerprint density at radius 1 is 1.15 bits per heavy atom. The van der Waals surface area contributed by atoms with Crippen LogP contribution in [-0.4, -0.2) is 7.11 Å². The molecule has 0 bridgehead atoms. The number of halogens is 2. The topological polar surface area (TPSA) is 9.23 Å². The largest absolute Gasteiger partial charge is 0.496 e. The van der Waals surface area contributed by atoms with Gasteiger partial charge in [0.15, 0.2) is 0 Å². The molecule has 1 aromatic carbocycles. The van der Waals surface area contributed by atoms with E-state index in [1.807, 2.05) is 0 Å². The summed E-state index contributed by atoms with van der Waals surface area (Å²) >= 11 is 0. The molecule has 0 aliphatic rings. The predicted molar refractivity (Wildman–Crippen MR) is 47.4 cm³/mol. The van der Waals surface area contributed by atoms with Crippen LogP contribution in [0.4, 0.5) is 8.78 Å². The van der Waals surface area contributed by atoms with Crippen LogP contribution in [0.15, 0.2) is 12.1 Å². The van der Waals surface area contributed by atoms with Gasteiger partial charge in [-0.05, 0) is 25.0 Å². The molecule has 13 heavy (non-hydrogen) atoms. The van der Waals surface area contributed by atoms with Gasteiger partial charge in [0, 0.05) is 0 Å². The highest BCUT2D eigenvalue weighted by Crippen LogP contribution is 2.34. The highest BCUT2D eigenvalue weighted by molar-refractivity contribution is 5.46. The number of hydrogen-bond acceptors (Lipinski definition) is 1. The summed E-state index contributed by atoms with van der Waals surface area (Å²) in [5, 5.41) is 0. The number of methoxy groups -OCH3 is 1. The lowest BCUT2D eigenvalue weighted by molar-refractivity contribution is 0.146. The molecule has 0 fully saturated rings. The van der Waals surface area contributed by atoms with Gasteiger partial charge in [-0.15, -0.1) is 0 Å². The number of aryl methyl sites for hydroxylation is 2. The maximum atomic E-state index is 12.6. The third-order valence-electron chi connectivity index (χ3n) is 2.03. The summed E-state index contributed by atoms with van der Waals surface area (Å²) in [6.07, 6.45) is -2.48. The Morgan fingerprint density at radius 3 is 2.08 bits per heavy atom. The molecule has 1 aromatic rings.